The van der Waals surface area contributed by atoms with Crippen molar-refractivity contribution in [3.8, 4) is 5.75 Å². The largest absolute Gasteiger partial charge is 0.486 e. The Labute approximate surface area is 161 Å². The topological polar surface area (TPSA) is 60.3 Å². The normalized spacial score (nSPS) is 13.3. The van der Waals surface area contributed by atoms with Crippen LogP contribution in [0.2, 0.25) is 0 Å². The molecule has 1 aliphatic rings. The summed E-state index contributed by atoms with van der Waals surface area (Å²) in [4.78, 5) is 12.8. The lowest BCUT2D eigenvalue weighted by Gasteiger charge is -2.29. The molecule has 10 heteroatoms. The van der Waals surface area contributed by atoms with E-state index < -0.39 is 28.9 Å². The second-order valence-corrected chi connectivity index (χ2v) is 6.89. The number of hydrogen-bond acceptors (Lipinski definition) is 5. The molecule has 0 radical (unpaired) electrons. The van der Waals surface area contributed by atoms with Gasteiger partial charge in [0.15, 0.2) is 5.82 Å². The van der Waals surface area contributed by atoms with Crippen LogP contribution in [0.4, 0.5) is 13.2 Å². The zero-order valence-corrected chi connectivity index (χ0v) is 15.1. The summed E-state index contributed by atoms with van der Waals surface area (Å²) in [5.41, 5.74) is -0.639. The number of carbonyl (C=O) groups excluding carboxylic acids is 1. The van der Waals surface area contributed by atoms with E-state index in [1.165, 1.54) is 51.8 Å². The van der Waals surface area contributed by atoms with Crippen molar-refractivity contribution in [3.05, 3.63) is 71.3 Å². The number of hydrogen-bond donors (Lipinski definition) is 0. The van der Waals surface area contributed by atoms with E-state index in [2.05, 4.69) is 10.2 Å². The quantitative estimate of drug-likeness (QED) is 0.666. The molecule has 0 unspecified atom stereocenters. The van der Waals surface area contributed by atoms with Gasteiger partial charge in [-0.1, -0.05) is 17.8 Å². The Morgan fingerprint density at radius 3 is 2.50 bits per heavy atom. The summed E-state index contributed by atoms with van der Waals surface area (Å²) < 4.78 is 48.1. The van der Waals surface area contributed by atoms with Gasteiger partial charge in [0, 0.05) is 5.75 Å². The standard InChI is InChI=1S/C18H13F3N4O2S/c19-11-4-6-12(7-5-11)27-10-15-22-23-18-25(15)24(8-9-28-18)17(26)16-13(20)2-1-3-14(16)21/h1-7H,8-10H2. The molecule has 0 bridgehead atoms. The SMILES string of the molecule is O=C(c1c(F)cccc1F)N1CCSc2nnc(COc3ccc(F)cc3)n21. The number of aromatic nitrogens is 3. The van der Waals surface area contributed by atoms with Gasteiger partial charge in [0.05, 0.1) is 6.54 Å². The van der Waals surface area contributed by atoms with E-state index in [9.17, 15) is 18.0 Å². The molecule has 144 valence electrons. The molecule has 0 spiro atoms. The lowest BCUT2D eigenvalue weighted by molar-refractivity contribution is 0.0944. The molecule has 6 nitrogen and oxygen atoms in total. The lowest BCUT2D eigenvalue weighted by atomic mass is 10.2. The predicted molar refractivity (Wildman–Crippen MR) is 95.3 cm³/mol. The van der Waals surface area contributed by atoms with Gasteiger partial charge in [-0.25, -0.2) is 22.9 Å². The highest BCUT2D eigenvalue weighted by atomic mass is 32.2. The number of fused-ring (bicyclic) bond motifs is 1. The van der Waals surface area contributed by atoms with Crippen molar-refractivity contribution < 1.29 is 22.7 Å². The van der Waals surface area contributed by atoms with Gasteiger partial charge in [-0.15, -0.1) is 10.2 Å². The van der Waals surface area contributed by atoms with Gasteiger partial charge in [0.25, 0.3) is 5.91 Å². The van der Waals surface area contributed by atoms with Crippen molar-refractivity contribution >= 4 is 17.7 Å². The molecule has 1 aromatic heterocycles. The van der Waals surface area contributed by atoms with Gasteiger partial charge in [-0.3, -0.25) is 4.79 Å². The fraction of sp³-hybridized carbons (Fsp3) is 0.167. The van der Waals surface area contributed by atoms with Crippen molar-refractivity contribution in [3.63, 3.8) is 0 Å². The molecule has 2 heterocycles. The fourth-order valence-electron chi connectivity index (χ4n) is 2.74. The molecule has 2 aromatic carbocycles. The summed E-state index contributed by atoms with van der Waals surface area (Å²) in [6.45, 7) is 0.147. The Bertz CT molecular complexity index is 1010. The van der Waals surface area contributed by atoms with Crippen LogP contribution in [0.5, 0.6) is 5.75 Å². The third-order valence-electron chi connectivity index (χ3n) is 4.04. The van der Waals surface area contributed by atoms with Crippen molar-refractivity contribution in [2.75, 3.05) is 17.3 Å². The molecule has 3 aromatic rings. The van der Waals surface area contributed by atoms with E-state index >= 15 is 0 Å². The number of ether oxygens (including phenoxy) is 1. The Morgan fingerprint density at radius 2 is 1.79 bits per heavy atom. The maximum atomic E-state index is 14.1. The summed E-state index contributed by atoms with van der Waals surface area (Å²) in [5.74, 6) is -1.94. The number of thioether (sulfide) groups is 1. The molecule has 0 aliphatic carbocycles. The van der Waals surface area contributed by atoms with Crippen LogP contribution in [0.1, 0.15) is 16.2 Å². The Morgan fingerprint density at radius 1 is 1.07 bits per heavy atom. The van der Waals surface area contributed by atoms with Crippen LogP contribution in [-0.2, 0) is 6.61 Å². The molecule has 4 rings (SSSR count). The molecule has 28 heavy (non-hydrogen) atoms. The lowest BCUT2D eigenvalue weighted by Crippen LogP contribution is -2.46. The van der Waals surface area contributed by atoms with E-state index in [1.54, 1.807) is 0 Å². The highest BCUT2D eigenvalue weighted by molar-refractivity contribution is 7.99. The van der Waals surface area contributed by atoms with Crippen LogP contribution in [0.25, 0.3) is 0 Å². The third-order valence-corrected chi connectivity index (χ3v) is 4.94. The van der Waals surface area contributed by atoms with Crippen LogP contribution in [0.3, 0.4) is 0 Å². The smallest absolute Gasteiger partial charge is 0.278 e. The summed E-state index contributed by atoms with van der Waals surface area (Å²) in [5, 5.41) is 9.62. The number of halogens is 3. The predicted octanol–water partition coefficient (Wildman–Crippen LogP) is 3.16. The summed E-state index contributed by atoms with van der Waals surface area (Å²) >= 11 is 1.36. The first-order chi connectivity index (χ1) is 13.5. The number of nitrogens with zero attached hydrogens (tertiary/aromatic N) is 4. The zero-order chi connectivity index (χ0) is 19.7. The van der Waals surface area contributed by atoms with Gasteiger partial charge < -0.3 is 4.74 Å². The van der Waals surface area contributed by atoms with Gasteiger partial charge in [0.2, 0.25) is 5.16 Å². The van der Waals surface area contributed by atoms with Crippen molar-refractivity contribution in [1.82, 2.24) is 14.9 Å². The third kappa shape index (κ3) is 3.42. The summed E-state index contributed by atoms with van der Waals surface area (Å²) in [6, 6.07) is 8.66. The molecule has 0 saturated carbocycles. The second-order valence-electron chi connectivity index (χ2n) is 5.83. The van der Waals surface area contributed by atoms with Crippen LogP contribution in [0, 0.1) is 17.5 Å². The molecule has 0 atom stereocenters. The maximum absolute atomic E-state index is 14.1. The minimum Gasteiger partial charge on any atom is -0.486 e. The van der Waals surface area contributed by atoms with E-state index in [0.29, 0.717) is 16.7 Å². The van der Waals surface area contributed by atoms with Gasteiger partial charge in [0.1, 0.15) is 35.4 Å². The van der Waals surface area contributed by atoms with Crippen molar-refractivity contribution in [1.29, 1.82) is 0 Å². The summed E-state index contributed by atoms with van der Waals surface area (Å²) in [7, 11) is 0. The van der Waals surface area contributed by atoms with Crippen LogP contribution >= 0.6 is 11.8 Å². The van der Waals surface area contributed by atoms with E-state index in [0.717, 1.165) is 12.1 Å². The molecule has 1 aliphatic heterocycles. The zero-order valence-electron chi connectivity index (χ0n) is 14.3. The minimum atomic E-state index is -0.943. The van der Waals surface area contributed by atoms with Crippen LogP contribution < -0.4 is 9.75 Å². The monoisotopic (exact) mass is 406 g/mol. The molecule has 1 amide bonds. The second kappa shape index (κ2) is 7.55. The fourth-order valence-corrected chi connectivity index (χ4v) is 3.62. The molecular formula is C18H13F3N4O2S. The number of rotatable bonds is 4. The molecular weight excluding hydrogens is 393 g/mol. The number of benzene rings is 2. The first kappa shape index (κ1) is 18.4. The first-order valence-electron chi connectivity index (χ1n) is 8.26. The minimum absolute atomic E-state index is 0.0667. The van der Waals surface area contributed by atoms with E-state index in [-0.39, 0.29) is 19.0 Å². The average Bonchev–Trinajstić information content (AvgIpc) is 3.10. The first-order valence-corrected chi connectivity index (χ1v) is 9.25. The maximum Gasteiger partial charge on any atom is 0.278 e. The number of carbonyl (C=O) groups is 1. The van der Waals surface area contributed by atoms with Crippen molar-refractivity contribution in [2.45, 2.75) is 11.8 Å². The Hall–Kier alpha value is -3.01. The number of amides is 1. The highest BCUT2D eigenvalue weighted by Gasteiger charge is 2.31. The van der Waals surface area contributed by atoms with E-state index in [4.69, 9.17) is 4.74 Å². The van der Waals surface area contributed by atoms with Gasteiger partial charge in [-0.05, 0) is 36.4 Å². The van der Waals surface area contributed by atoms with Crippen LogP contribution in [-0.4, -0.2) is 33.1 Å². The molecule has 0 N–H and O–H groups in total. The van der Waals surface area contributed by atoms with Gasteiger partial charge >= 0.3 is 0 Å². The Balaban J connectivity index is 1.62. The van der Waals surface area contributed by atoms with Crippen LogP contribution in [0.15, 0.2) is 47.6 Å². The van der Waals surface area contributed by atoms with Crippen molar-refractivity contribution in [2.24, 2.45) is 0 Å². The molecule has 0 saturated heterocycles. The summed E-state index contributed by atoms with van der Waals surface area (Å²) in [6.07, 6.45) is 0. The average molecular weight is 406 g/mol. The Kier molecular flexibility index (Phi) is 4.95. The van der Waals surface area contributed by atoms with E-state index in [1.807, 2.05) is 0 Å². The molecule has 0 fully saturated rings. The van der Waals surface area contributed by atoms with Gasteiger partial charge in [-0.2, -0.15) is 0 Å². The highest BCUT2D eigenvalue weighted by Crippen LogP contribution is 2.25.